The van der Waals surface area contributed by atoms with E-state index in [2.05, 4.69) is 37.9 Å². The Morgan fingerprint density at radius 1 is 1.24 bits per heavy atom. The molecule has 1 aliphatic carbocycles. The van der Waals surface area contributed by atoms with Crippen molar-refractivity contribution in [2.45, 2.75) is 59.4 Å². The fourth-order valence-electron chi connectivity index (χ4n) is 2.63. The van der Waals surface area contributed by atoms with Crippen molar-refractivity contribution in [2.75, 3.05) is 26.2 Å². The van der Waals surface area contributed by atoms with Crippen molar-refractivity contribution in [1.82, 2.24) is 10.2 Å². The van der Waals surface area contributed by atoms with E-state index in [1.165, 1.54) is 38.8 Å². The predicted molar refractivity (Wildman–Crippen MR) is 76.4 cm³/mol. The summed E-state index contributed by atoms with van der Waals surface area (Å²) in [7, 11) is 0. The summed E-state index contributed by atoms with van der Waals surface area (Å²) in [6, 6.07) is 0.713. The molecule has 0 aromatic carbocycles. The van der Waals surface area contributed by atoms with Gasteiger partial charge in [0.1, 0.15) is 0 Å². The van der Waals surface area contributed by atoms with Gasteiger partial charge in [-0.1, -0.05) is 27.2 Å². The maximum absolute atomic E-state index is 3.55. The highest BCUT2D eigenvalue weighted by atomic mass is 15.2. The molecule has 0 aliphatic heterocycles. The first kappa shape index (κ1) is 15.0. The Hall–Kier alpha value is -0.0800. The monoisotopic (exact) mass is 240 g/mol. The van der Waals surface area contributed by atoms with Gasteiger partial charge in [0, 0.05) is 12.6 Å². The van der Waals surface area contributed by atoms with Crippen molar-refractivity contribution in [2.24, 2.45) is 11.8 Å². The minimum Gasteiger partial charge on any atom is -0.316 e. The zero-order valence-corrected chi connectivity index (χ0v) is 12.3. The van der Waals surface area contributed by atoms with Gasteiger partial charge in [-0.3, -0.25) is 0 Å². The highest BCUT2D eigenvalue weighted by molar-refractivity contribution is 4.79. The van der Waals surface area contributed by atoms with Crippen molar-refractivity contribution in [1.29, 1.82) is 0 Å². The summed E-state index contributed by atoms with van der Waals surface area (Å²) in [6.07, 6.45) is 5.63. The number of hydrogen-bond donors (Lipinski definition) is 1. The average Bonchev–Trinajstić information content (AvgIpc) is 2.27. The Kier molecular flexibility index (Phi) is 7.14. The van der Waals surface area contributed by atoms with E-state index in [-0.39, 0.29) is 0 Å². The van der Waals surface area contributed by atoms with Crippen LogP contribution >= 0.6 is 0 Å². The second kappa shape index (κ2) is 8.10. The van der Waals surface area contributed by atoms with E-state index in [1.54, 1.807) is 0 Å². The van der Waals surface area contributed by atoms with Gasteiger partial charge in [0.25, 0.3) is 0 Å². The Labute approximate surface area is 108 Å². The fourth-order valence-corrected chi connectivity index (χ4v) is 2.63. The van der Waals surface area contributed by atoms with Crippen LogP contribution < -0.4 is 5.32 Å². The Morgan fingerprint density at radius 2 is 1.94 bits per heavy atom. The predicted octanol–water partition coefficient (Wildman–Crippen LogP) is 3.13. The van der Waals surface area contributed by atoms with E-state index < -0.39 is 0 Å². The van der Waals surface area contributed by atoms with Gasteiger partial charge in [0.2, 0.25) is 0 Å². The van der Waals surface area contributed by atoms with Gasteiger partial charge in [-0.25, -0.2) is 0 Å². The summed E-state index contributed by atoms with van der Waals surface area (Å²) < 4.78 is 0. The molecule has 0 saturated heterocycles. The van der Waals surface area contributed by atoms with E-state index in [9.17, 15) is 0 Å². The molecule has 17 heavy (non-hydrogen) atoms. The van der Waals surface area contributed by atoms with Crippen LogP contribution in [-0.2, 0) is 0 Å². The van der Waals surface area contributed by atoms with E-state index in [0.29, 0.717) is 6.04 Å². The molecule has 2 heteroatoms. The molecule has 1 fully saturated rings. The lowest BCUT2D eigenvalue weighted by atomic mass is 9.84. The Morgan fingerprint density at radius 3 is 2.41 bits per heavy atom. The molecular weight excluding hydrogens is 208 g/mol. The van der Waals surface area contributed by atoms with Crippen LogP contribution in [0.5, 0.6) is 0 Å². The largest absolute Gasteiger partial charge is 0.316 e. The topological polar surface area (TPSA) is 15.3 Å². The van der Waals surface area contributed by atoms with Gasteiger partial charge < -0.3 is 10.2 Å². The molecular formula is C15H32N2. The van der Waals surface area contributed by atoms with Crippen LogP contribution in [0, 0.1) is 11.8 Å². The van der Waals surface area contributed by atoms with Gasteiger partial charge in [-0.15, -0.1) is 0 Å². The number of nitrogens with zero attached hydrogens (tertiary/aromatic N) is 1. The van der Waals surface area contributed by atoms with Crippen LogP contribution in [0.15, 0.2) is 0 Å². The third-order valence-corrected chi connectivity index (χ3v) is 4.42. The standard InChI is InChI=1S/C15H32N2/c1-5-10-16-11-13(3)14(4)17(6-2)12-15-8-7-9-15/h13-16H,5-12H2,1-4H3. The van der Waals surface area contributed by atoms with E-state index in [4.69, 9.17) is 0 Å². The SMILES string of the molecule is CCCNCC(C)C(C)N(CC)CC1CCC1. The highest BCUT2D eigenvalue weighted by Crippen LogP contribution is 2.28. The van der Waals surface area contributed by atoms with E-state index >= 15 is 0 Å². The molecule has 1 saturated carbocycles. The summed E-state index contributed by atoms with van der Waals surface area (Å²) >= 11 is 0. The Balaban J connectivity index is 2.27. The van der Waals surface area contributed by atoms with Gasteiger partial charge >= 0.3 is 0 Å². The second-order valence-electron chi connectivity index (χ2n) is 5.81. The molecule has 1 aliphatic rings. The van der Waals surface area contributed by atoms with Crippen molar-refractivity contribution in [3.8, 4) is 0 Å². The van der Waals surface area contributed by atoms with Gasteiger partial charge in [0.05, 0.1) is 0 Å². The van der Waals surface area contributed by atoms with E-state index in [1.807, 2.05) is 0 Å². The number of nitrogens with one attached hydrogen (secondary N) is 1. The van der Waals surface area contributed by atoms with Crippen LogP contribution in [0.2, 0.25) is 0 Å². The summed E-state index contributed by atoms with van der Waals surface area (Å²) in [6.45, 7) is 14.2. The molecule has 0 radical (unpaired) electrons. The molecule has 102 valence electrons. The minimum absolute atomic E-state index is 0.713. The molecule has 1 rings (SSSR count). The second-order valence-corrected chi connectivity index (χ2v) is 5.81. The first-order valence-corrected chi connectivity index (χ1v) is 7.63. The normalized spacial score (nSPS) is 20.3. The lowest BCUT2D eigenvalue weighted by Crippen LogP contribution is -2.44. The molecule has 0 aromatic heterocycles. The zero-order chi connectivity index (χ0) is 12.7. The average molecular weight is 240 g/mol. The summed E-state index contributed by atoms with van der Waals surface area (Å²) in [5.41, 5.74) is 0. The third-order valence-electron chi connectivity index (χ3n) is 4.42. The summed E-state index contributed by atoms with van der Waals surface area (Å²) in [4.78, 5) is 2.68. The molecule has 2 unspecified atom stereocenters. The van der Waals surface area contributed by atoms with Crippen molar-refractivity contribution < 1.29 is 0 Å². The lowest BCUT2D eigenvalue weighted by Gasteiger charge is -2.37. The lowest BCUT2D eigenvalue weighted by molar-refractivity contribution is 0.116. The zero-order valence-electron chi connectivity index (χ0n) is 12.3. The van der Waals surface area contributed by atoms with Crippen LogP contribution in [-0.4, -0.2) is 37.1 Å². The van der Waals surface area contributed by atoms with Crippen molar-refractivity contribution in [3.63, 3.8) is 0 Å². The van der Waals surface area contributed by atoms with Crippen molar-refractivity contribution >= 4 is 0 Å². The minimum atomic E-state index is 0.713. The molecule has 0 bridgehead atoms. The first-order chi connectivity index (χ1) is 8.19. The third kappa shape index (κ3) is 4.97. The molecule has 1 N–H and O–H groups in total. The van der Waals surface area contributed by atoms with Crippen molar-refractivity contribution in [3.05, 3.63) is 0 Å². The van der Waals surface area contributed by atoms with Crippen LogP contribution in [0.25, 0.3) is 0 Å². The number of hydrogen-bond acceptors (Lipinski definition) is 2. The van der Waals surface area contributed by atoms with E-state index in [0.717, 1.165) is 24.9 Å². The van der Waals surface area contributed by atoms with Crippen LogP contribution in [0.3, 0.4) is 0 Å². The molecule has 0 spiro atoms. The first-order valence-electron chi connectivity index (χ1n) is 7.63. The molecule has 0 amide bonds. The van der Waals surface area contributed by atoms with Crippen LogP contribution in [0.4, 0.5) is 0 Å². The fraction of sp³-hybridized carbons (Fsp3) is 1.00. The molecule has 0 aromatic rings. The van der Waals surface area contributed by atoms with Gasteiger partial charge in [-0.2, -0.15) is 0 Å². The summed E-state index contributed by atoms with van der Waals surface area (Å²) in [5.74, 6) is 1.75. The molecule has 2 atom stereocenters. The quantitative estimate of drug-likeness (QED) is 0.623. The highest BCUT2D eigenvalue weighted by Gasteiger charge is 2.24. The Bertz CT molecular complexity index is 189. The smallest absolute Gasteiger partial charge is 0.0105 e. The maximum atomic E-state index is 3.55. The molecule has 0 heterocycles. The maximum Gasteiger partial charge on any atom is 0.0105 e. The van der Waals surface area contributed by atoms with Gasteiger partial charge in [-0.05, 0) is 57.7 Å². The summed E-state index contributed by atoms with van der Waals surface area (Å²) in [5, 5.41) is 3.55. The van der Waals surface area contributed by atoms with Crippen LogP contribution in [0.1, 0.15) is 53.4 Å². The molecule has 2 nitrogen and oxygen atoms in total. The van der Waals surface area contributed by atoms with Gasteiger partial charge in [0.15, 0.2) is 0 Å². The number of rotatable bonds is 9.